The van der Waals surface area contributed by atoms with E-state index in [4.69, 9.17) is 24.1 Å². The molecule has 16 heavy (non-hydrogen) atoms. The van der Waals surface area contributed by atoms with E-state index in [-0.39, 0.29) is 6.61 Å². The molecule has 0 aromatic rings. The van der Waals surface area contributed by atoms with Crippen LogP contribution in [0.3, 0.4) is 0 Å². The number of methoxy groups -OCH3 is 1. The molecule has 2 fully saturated rings. The van der Waals surface area contributed by atoms with Crippen molar-refractivity contribution in [1.29, 1.82) is 0 Å². The van der Waals surface area contributed by atoms with Gasteiger partial charge in [-0.3, -0.25) is 0 Å². The van der Waals surface area contributed by atoms with Crippen LogP contribution in [0.25, 0.3) is 0 Å². The quantitative estimate of drug-likeness (QED) is 0.653. The maximum atomic E-state index is 9.94. The topological polar surface area (TPSA) is 77.4 Å². The molecule has 0 saturated carbocycles. The lowest BCUT2D eigenvalue weighted by atomic mass is 9.99. The molecule has 0 radical (unpaired) electrons. The van der Waals surface area contributed by atoms with E-state index in [0.717, 1.165) is 0 Å². The first-order valence-electron chi connectivity index (χ1n) is 5.31. The van der Waals surface area contributed by atoms with Gasteiger partial charge in [-0.2, -0.15) is 0 Å². The number of hydrogen-bond acceptors (Lipinski definition) is 6. The molecular weight excluding hydrogens is 216 g/mol. The Kier molecular flexibility index (Phi) is 3.22. The van der Waals surface area contributed by atoms with Gasteiger partial charge in [0.2, 0.25) is 0 Å². The summed E-state index contributed by atoms with van der Waals surface area (Å²) in [6.45, 7) is 3.24. The summed E-state index contributed by atoms with van der Waals surface area (Å²) in [5.41, 5.74) is 0. The van der Waals surface area contributed by atoms with Gasteiger partial charge in [0, 0.05) is 7.11 Å². The van der Waals surface area contributed by atoms with Crippen LogP contribution in [-0.2, 0) is 18.9 Å². The number of hydrogen-bond donors (Lipinski definition) is 2. The van der Waals surface area contributed by atoms with Gasteiger partial charge < -0.3 is 29.2 Å². The molecule has 5 unspecified atom stereocenters. The first kappa shape index (κ1) is 12.2. The second-order valence-corrected chi connectivity index (χ2v) is 4.52. The van der Waals surface area contributed by atoms with Crippen molar-refractivity contribution in [1.82, 2.24) is 0 Å². The highest BCUT2D eigenvalue weighted by Crippen LogP contribution is 2.37. The van der Waals surface area contributed by atoms with Gasteiger partial charge in [0.25, 0.3) is 0 Å². The molecule has 6 nitrogen and oxygen atoms in total. The van der Waals surface area contributed by atoms with Crippen LogP contribution < -0.4 is 0 Å². The molecule has 0 aromatic heterocycles. The normalized spacial score (nSPS) is 46.7. The highest BCUT2D eigenvalue weighted by Gasteiger charge is 2.54. The molecule has 2 rings (SSSR count). The Balaban J connectivity index is 2.18. The Labute approximate surface area is 94.1 Å². The smallest absolute Gasteiger partial charge is 0.186 e. The summed E-state index contributed by atoms with van der Waals surface area (Å²) in [4.78, 5) is 0. The molecular formula is C10H18O6. The summed E-state index contributed by atoms with van der Waals surface area (Å²) < 4.78 is 21.7. The average molecular weight is 234 g/mol. The van der Waals surface area contributed by atoms with E-state index < -0.39 is 36.5 Å². The van der Waals surface area contributed by atoms with E-state index >= 15 is 0 Å². The van der Waals surface area contributed by atoms with Gasteiger partial charge in [0.1, 0.15) is 24.4 Å². The van der Waals surface area contributed by atoms with Gasteiger partial charge in [-0.05, 0) is 13.8 Å². The maximum absolute atomic E-state index is 9.94. The van der Waals surface area contributed by atoms with Crippen LogP contribution >= 0.6 is 0 Å². The van der Waals surface area contributed by atoms with Gasteiger partial charge in [-0.15, -0.1) is 0 Å². The summed E-state index contributed by atoms with van der Waals surface area (Å²) in [7, 11) is 1.49. The molecule has 6 heteroatoms. The molecule has 94 valence electrons. The van der Waals surface area contributed by atoms with Crippen LogP contribution in [-0.4, -0.2) is 60.4 Å². The zero-order chi connectivity index (χ0) is 11.9. The van der Waals surface area contributed by atoms with Gasteiger partial charge >= 0.3 is 0 Å². The van der Waals surface area contributed by atoms with Crippen LogP contribution in [0.5, 0.6) is 0 Å². The van der Waals surface area contributed by atoms with Crippen LogP contribution in [0, 0.1) is 0 Å². The molecule has 2 saturated heterocycles. The van der Waals surface area contributed by atoms with Crippen LogP contribution in [0.4, 0.5) is 0 Å². The van der Waals surface area contributed by atoms with E-state index in [1.807, 2.05) is 0 Å². The zero-order valence-electron chi connectivity index (χ0n) is 9.62. The van der Waals surface area contributed by atoms with Gasteiger partial charge in [-0.1, -0.05) is 0 Å². The van der Waals surface area contributed by atoms with Gasteiger partial charge in [0.15, 0.2) is 12.1 Å². The van der Waals surface area contributed by atoms with Crippen molar-refractivity contribution in [3.8, 4) is 0 Å². The largest absolute Gasteiger partial charge is 0.394 e. The van der Waals surface area contributed by atoms with Crippen LogP contribution in [0.2, 0.25) is 0 Å². The number of aliphatic hydroxyl groups excluding tert-OH is 2. The SMILES string of the molecule is COC1OC(CO)C(O)C2OC(C)(C)OC12. The van der Waals surface area contributed by atoms with Crippen molar-refractivity contribution < 1.29 is 29.2 Å². The molecule has 2 heterocycles. The first-order chi connectivity index (χ1) is 7.48. The Morgan fingerprint density at radius 1 is 1.25 bits per heavy atom. The highest BCUT2D eigenvalue weighted by molar-refractivity contribution is 4.95. The third kappa shape index (κ3) is 1.97. The fourth-order valence-corrected chi connectivity index (χ4v) is 2.17. The Hall–Kier alpha value is -0.240. The van der Waals surface area contributed by atoms with Crippen molar-refractivity contribution >= 4 is 0 Å². The predicted octanol–water partition coefficient (Wildman–Crippen LogP) is -0.769. The molecule has 0 aromatic carbocycles. The molecule has 0 bridgehead atoms. The van der Waals surface area contributed by atoms with Crippen LogP contribution in [0.15, 0.2) is 0 Å². The Bertz CT molecular complexity index is 256. The van der Waals surface area contributed by atoms with Crippen molar-refractivity contribution in [3.05, 3.63) is 0 Å². The second kappa shape index (κ2) is 4.21. The van der Waals surface area contributed by atoms with Gasteiger partial charge in [-0.25, -0.2) is 0 Å². The number of rotatable bonds is 2. The molecule has 0 amide bonds. The third-order valence-electron chi connectivity index (χ3n) is 2.87. The van der Waals surface area contributed by atoms with Crippen LogP contribution in [0.1, 0.15) is 13.8 Å². The summed E-state index contributed by atoms with van der Waals surface area (Å²) >= 11 is 0. The first-order valence-corrected chi connectivity index (χ1v) is 5.31. The van der Waals surface area contributed by atoms with Crippen molar-refractivity contribution in [2.45, 2.75) is 50.3 Å². The second-order valence-electron chi connectivity index (χ2n) is 4.52. The van der Waals surface area contributed by atoms with E-state index in [9.17, 15) is 5.11 Å². The monoisotopic (exact) mass is 234 g/mol. The summed E-state index contributed by atoms with van der Waals surface area (Å²) in [6, 6.07) is 0. The fourth-order valence-electron chi connectivity index (χ4n) is 2.17. The Morgan fingerprint density at radius 2 is 1.88 bits per heavy atom. The standard InChI is InChI=1S/C10H18O6/c1-10(2)15-7-6(12)5(4-11)14-9(13-3)8(7)16-10/h5-9,11-12H,4H2,1-3H3. The predicted molar refractivity (Wildman–Crippen MR) is 52.6 cm³/mol. The van der Waals surface area contributed by atoms with E-state index in [2.05, 4.69) is 0 Å². The van der Waals surface area contributed by atoms with E-state index in [1.54, 1.807) is 13.8 Å². The lowest BCUT2D eigenvalue weighted by Crippen LogP contribution is -2.57. The minimum absolute atomic E-state index is 0.284. The molecule has 5 atom stereocenters. The third-order valence-corrected chi connectivity index (χ3v) is 2.87. The van der Waals surface area contributed by atoms with E-state index in [0.29, 0.717) is 0 Å². The minimum Gasteiger partial charge on any atom is -0.394 e. The lowest BCUT2D eigenvalue weighted by molar-refractivity contribution is -0.272. The summed E-state index contributed by atoms with van der Waals surface area (Å²) in [6.07, 6.45) is -3.26. The Morgan fingerprint density at radius 3 is 2.44 bits per heavy atom. The molecule has 2 aliphatic rings. The number of aliphatic hydroxyl groups is 2. The number of fused-ring (bicyclic) bond motifs is 1. The zero-order valence-corrected chi connectivity index (χ0v) is 9.62. The summed E-state index contributed by atoms with van der Waals surface area (Å²) in [5.74, 6) is -0.777. The average Bonchev–Trinajstić information content (AvgIpc) is 2.55. The van der Waals surface area contributed by atoms with Crippen molar-refractivity contribution in [2.75, 3.05) is 13.7 Å². The van der Waals surface area contributed by atoms with Gasteiger partial charge in [0.05, 0.1) is 6.61 Å². The van der Waals surface area contributed by atoms with Crippen molar-refractivity contribution in [3.63, 3.8) is 0 Å². The number of ether oxygens (including phenoxy) is 4. The molecule has 2 aliphatic heterocycles. The van der Waals surface area contributed by atoms with Crippen molar-refractivity contribution in [2.24, 2.45) is 0 Å². The maximum Gasteiger partial charge on any atom is 0.186 e. The summed E-state index contributed by atoms with van der Waals surface area (Å²) in [5, 5.41) is 19.0. The highest BCUT2D eigenvalue weighted by atomic mass is 16.8. The molecule has 2 N–H and O–H groups in total. The van der Waals surface area contributed by atoms with E-state index in [1.165, 1.54) is 7.11 Å². The minimum atomic E-state index is -0.914. The fraction of sp³-hybridized carbons (Fsp3) is 1.00. The molecule has 0 spiro atoms. The molecule has 0 aliphatic carbocycles. The lowest BCUT2D eigenvalue weighted by Gasteiger charge is -2.38.